The molecule has 5 nitrogen and oxygen atoms in total. The summed E-state index contributed by atoms with van der Waals surface area (Å²) in [5, 5.41) is 3.06. The molecule has 28 heavy (non-hydrogen) atoms. The Hall–Kier alpha value is -2.18. The Labute approximate surface area is 166 Å². The number of amides is 1. The lowest BCUT2D eigenvalue weighted by Crippen LogP contribution is -2.36. The minimum Gasteiger partial charge on any atom is -0.356 e. The molecule has 1 saturated carbocycles. The summed E-state index contributed by atoms with van der Waals surface area (Å²) in [7, 11) is -3.62. The van der Waals surface area contributed by atoms with E-state index in [1.165, 1.54) is 17.1 Å². The molecule has 2 aliphatic rings. The van der Waals surface area contributed by atoms with Gasteiger partial charge in [0, 0.05) is 25.6 Å². The molecule has 2 unspecified atom stereocenters. The standard InChI is InChI=1S/C22H26N2O3S/c1-16-7-5-6-10-19(16)20-14-24(28(26,27)18-8-3-2-4-9-18)15-21(20)22(25)23-13-17-11-12-17/h2-10,17,20-21H,11-15H2,1H3,(H,23,25). The fourth-order valence-corrected chi connectivity index (χ4v) is 5.50. The maximum Gasteiger partial charge on any atom is 0.243 e. The van der Waals surface area contributed by atoms with Crippen molar-refractivity contribution in [3.63, 3.8) is 0 Å². The third kappa shape index (κ3) is 3.84. The van der Waals surface area contributed by atoms with E-state index in [1.807, 2.05) is 31.2 Å². The van der Waals surface area contributed by atoms with E-state index in [9.17, 15) is 13.2 Å². The average molecular weight is 399 g/mol. The molecular formula is C22H26N2O3S. The second-order valence-electron chi connectivity index (χ2n) is 7.89. The smallest absolute Gasteiger partial charge is 0.243 e. The van der Waals surface area contributed by atoms with Crippen LogP contribution in [0.15, 0.2) is 59.5 Å². The Morgan fingerprint density at radius 2 is 1.71 bits per heavy atom. The largest absolute Gasteiger partial charge is 0.356 e. The van der Waals surface area contributed by atoms with Gasteiger partial charge in [-0.1, -0.05) is 42.5 Å². The van der Waals surface area contributed by atoms with E-state index in [-0.39, 0.29) is 29.2 Å². The molecule has 0 spiro atoms. The topological polar surface area (TPSA) is 66.5 Å². The van der Waals surface area contributed by atoms with Crippen LogP contribution < -0.4 is 5.32 Å². The monoisotopic (exact) mass is 398 g/mol. The van der Waals surface area contributed by atoms with Crippen LogP contribution in [0.4, 0.5) is 0 Å². The zero-order valence-electron chi connectivity index (χ0n) is 16.0. The second-order valence-corrected chi connectivity index (χ2v) is 9.83. The van der Waals surface area contributed by atoms with E-state index >= 15 is 0 Å². The van der Waals surface area contributed by atoms with Crippen molar-refractivity contribution in [2.75, 3.05) is 19.6 Å². The summed E-state index contributed by atoms with van der Waals surface area (Å²) in [6.07, 6.45) is 2.33. The highest BCUT2D eigenvalue weighted by Crippen LogP contribution is 2.37. The Morgan fingerprint density at radius 3 is 2.39 bits per heavy atom. The quantitative estimate of drug-likeness (QED) is 0.814. The van der Waals surface area contributed by atoms with Crippen LogP contribution in [0.2, 0.25) is 0 Å². The number of carbonyl (C=O) groups excluding carboxylic acids is 1. The van der Waals surface area contributed by atoms with Gasteiger partial charge in [-0.15, -0.1) is 0 Å². The van der Waals surface area contributed by atoms with Gasteiger partial charge in [0.25, 0.3) is 0 Å². The van der Waals surface area contributed by atoms with Crippen LogP contribution in [-0.4, -0.2) is 38.3 Å². The van der Waals surface area contributed by atoms with Crippen LogP contribution in [0.1, 0.15) is 29.9 Å². The van der Waals surface area contributed by atoms with Crippen molar-refractivity contribution in [2.24, 2.45) is 11.8 Å². The fourth-order valence-electron chi connectivity index (χ4n) is 3.99. The van der Waals surface area contributed by atoms with Crippen molar-refractivity contribution in [3.8, 4) is 0 Å². The van der Waals surface area contributed by atoms with Crippen molar-refractivity contribution < 1.29 is 13.2 Å². The molecule has 4 rings (SSSR count). The summed E-state index contributed by atoms with van der Waals surface area (Å²) in [4.78, 5) is 13.2. The molecule has 1 N–H and O–H groups in total. The molecule has 1 amide bonds. The molecule has 6 heteroatoms. The first-order valence-corrected chi connectivity index (χ1v) is 11.3. The lowest BCUT2D eigenvalue weighted by Gasteiger charge is -2.20. The van der Waals surface area contributed by atoms with Crippen molar-refractivity contribution in [2.45, 2.75) is 30.6 Å². The van der Waals surface area contributed by atoms with Crippen LogP contribution in [0, 0.1) is 18.8 Å². The van der Waals surface area contributed by atoms with Gasteiger partial charge in [-0.3, -0.25) is 4.79 Å². The van der Waals surface area contributed by atoms with Crippen LogP contribution >= 0.6 is 0 Å². The maximum atomic E-state index is 13.1. The minimum absolute atomic E-state index is 0.0362. The highest BCUT2D eigenvalue weighted by Gasteiger charge is 2.44. The van der Waals surface area contributed by atoms with E-state index in [2.05, 4.69) is 5.32 Å². The molecule has 2 atom stereocenters. The number of aryl methyl sites for hydroxylation is 1. The number of sulfonamides is 1. The van der Waals surface area contributed by atoms with Crippen molar-refractivity contribution in [3.05, 3.63) is 65.7 Å². The third-order valence-corrected chi connectivity index (χ3v) is 7.70. The first-order valence-electron chi connectivity index (χ1n) is 9.85. The maximum absolute atomic E-state index is 13.1. The molecule has 1 aliphatic heterocycles. The van der Waals surface area contributed by atoms with Gasteiger partial charge in [-0.25, -0.2) is 8.42 Å². The Bertz CT molecular complexity index is 955. The summed E-state index contributed by atoms with van der Waals surface area (Å²) in [6, 6.07) is 16.4. The number of nitrogens with zero attached hydrogens (tertiary/aromatic N) is 1. The van der Waals surface area contributed by atoms with E-state index < -0.39 is 10.0 Å². The lowest BCUT2D eigenvalue weighted by atomic mass is 9.86. The number of carbonyl (C=O) groups is 1. The van der Waals surface area contributed by atoms with Crippen LogP contribution in [0.3, 0.4) is 0 Å². The van der Waals surface area contributed by atoms with Crippen molar-refractivity contribution >= 4 is 15.9 Å². The van der Waals surface area contributed by atoms with Crippen LogP contribution in [0.5, 0.6) is 0 Å². The number of hydrogen-bond acceptors (Lipinski definition) is 3. The molecule has 2 aromatic rings. The molecule has 2 aromatic carbocycles. The van der Waals surface area contributed by atoms with E-state index in [1.54, 1.807) is 30.3 Å². The second kappa shape index (κ2) is 7.68. The molecule has 148 valence electrons. The number of benzene rings is 2. The molecule has 0 bridgehead atoms. The SMILES string of the molecule is Cc1ccccc1C1CN(S(=O)(=O)c2ccccc2)CC1C(=O)NCC1CC1. The molecule has 0 radical (unpaired) electrons. The highest BCUT2D eigenvalue weighted by atomic mass is 32.2. The predicted molar refractivity (Wildman–Crippen MR) is 108 cm³/mol. The van der Waals surface area contributed by atoms with E-state index in [0.29, 0.717) is 19.0 Å². The number of nitrogens with one attached hydrogen (secondary N) is 1. The van der Waals surface area contributed by atoms with Gasteiger partial charge >= 0.3 is 0 Å². The van der Waals surface area contributed by atoms with E-state index in [0.717, 1.165) is 11.1 Å². The molecule has 1 saturated heterocycles. The minimum atomic E-state index is -3.62. The summed E-state index contributed by atoms with van der Waals surface area (Å²) < 4.78 is 27.7. The van der Waals surface area contributed by atoms with Gasteiger partial charge in [-0.05, 0) is 48.9 Å². The van der Waals surface area contributed by atoms with Gasteiger partial charge in [-0.2, -0.15) is 4.31 Å². The zero-order valence-corrected chi connectivity index (χ0v) is 16.9. The first kappa shape index (κ1) is 19.2. The molecule has 2 fully saturated rings. The lowest BCUT2D eigenvalue weighted by molar-refractivity contribution is -0.124. The fraction of sp³-hybridized carbons (Fsp3) is 0.409. The number of rotatable bonds is 6. The summed E-state index contributed by atoms with van der Waals surface area (Å²) in [5.74, 6) is 0.0366. The highest BCUT2D eigenvalue weighted by molar-refractivity contribution is 7.89. The predicted octanol–water partition coefficient (Wildman–Crippen LogP) is 2.93. The Morgan fingerprint density at radius 1 is 1.04 bits per heavy atom. The van der Waals surface area contributed by atoms with Gasteiger partial charge in [0.05, 0.1) is 10.8 Å². The molecule has 1 heterocycles. The van der Waals surface area contributed by atoms with Crippen molar-refractivity contribution in [1.29, 1.82) is 0 Å². The first-order chi connectivity index (χ1) is 13.5. The number of hydrogen-bond donors (Lipinski definition) is 1. The summed E-state index contributed by atoms with van der Waals surface area (Å²) in [5.41, 5.74) is 2.14. The van der Waals surface area contributed by atoms with Gasteiger partial charge in [0.1, 0.15) is 0 Å². The zero-order chi connectivity index (χ0) is 19.7. The summed E-state index contributed by atoms with van der Waals surface area (Å²) in [6.45, 7) is 3.25. The Kier molecular flexibility index (Phi) is 5.25. The Balaban J connectivity index is 1.62. The van der Waals surface area contributed by atoms with Crippen LogP contribution in [0.25, 0.3) is 0 Å². The van der Waals surface area contributed by atoms with Crippen molar-refractivity contribution in [1.82, 2.24) is 9.62 Å². The molecule has 1 aliphatic carbocycles. The van der Waals surface area contributed by atoms with E-state index in [4.69, 9.17) is 0 Å². The van der Waals surface area contributed by atoms with Gasteiger partial charge in [0.2, 0.25) is 15.9 Å². The van der Waals surface area contributed by atoms with Gasteiger partial charge < -0.3 is 5.32 Å². The third-order valence-electron chi connectivity index (χ3n) is 5.85. The molecular weight excluding hydrogens is 372 g/mol. The molecule has 0 aromatic heterocycles. The summed E-state index contributed by atoms with van der Waals surface area (Å²) >= 11 is 0. The van der Waals surface area contributed by atoms with Crippen LogP contribution in [-0.2, 0) is 14.8 Å². The van der Waals surface area contributed by atoms with Gasteiger partial charge in [0.15, 0.2) is 0 Å². The average Bonchev–Trinajstić information content (AvgIpc) is 3.43. The normalized spacial score (nSPS) is 22.9.